The quantitative estimate of drug-likeness (QED) is 0.111. The molecule has 64 heavy (non-hydrogen) atoms. The van der Waals surface area contributed by atoms with Gasteiger partial charge in [0.25, 0.3) is 0 Å². The Morgan fingerprint density at radius 2 is 1.80 bits per heavy atom. The topological polar surface area (TPSA) is 183 Å². The molecule has 0 bridgehead atoms. The number of amides is 3. The number of morpholine rings is 1. The number of aromatic nitrogens is 2. The molecule has 1 aromatic carbocycles. The molecule has 2 saturated heterocycles. The van der Waals surface area contributed by atoms with Crippen molar-refractivity contribution in [1.82, 2.24) is 30.4 Å². The van der Waals surface area contributed by atoms with Crippen LogP contribution in [0, 0.1) is 23.2 Å². The SMILES string of the molecule is C=C[C@@H]1CC1(NC(=O)[C@@H]1CC(Oc2cc(-c3csc(NC(C)C)n3)nc3c(Cl)c(OCCN4CCOCC4)ccc23)CN1C(=O)[C@@H](NC(=O)OC1C[C@@H]2C[C@@H]2C1)C(C)(C)C)C(=O)OC. The number of halogens is 1. The Bertz CT molecular complexity index is 2250. The van der Waals surface area contributed by atoms with Gasteiger partial charge in [-0.25, -0.2) is 19.6 Å². The highest BCUT2D eigenvalue weighted by Gasteiger charge is 2.62. The lowest BCUT2D eigenvalue weighted by molar-refractivity contribution is -0.148. The summed E-state index contributed by atoms with van der Waals surface area (Å²) in [6, 6.07) is 3.44. The van der Waals surface area contributed by atoms with Crippen LogP contribution in [0.5, 0.6) is 11.5 Å². The van der Waals surface area contributed by atoms with Gasteiger partial charge < -0.3 is 44.5 Å². The molecule has 0 spiro atoms. The number of hydrogen-bond acceptors (Lipinski definition) is 14. The van der Waals surface area contributed by atoms with Gasteiger partial charge in [0.2, 0.25) is 11.8 Å². The van der Waals surface area contributed by atoms with E-state index in [2.05, 4.69) is 27.4 Å². The summed E-state index contributed by atoms with van der Waals surface area (Å²) in [7, 11) is 1.27. The van der Waals surface area contributed by atoms with Gasteiger partial charge in [0.05, 0.1) is 38.1 Å². The number of carbonyl (C=O) groups is 4. The zero-order valence-corrected chi connectivity index (χ0v) is 39.0. The Balaban J connectivity index is 1.10. The van der Waals surface area contributed by atoms with Crippen molar-refractivity contribution < 1.29 is 42.9 Å². The van der Waals surface area contributed by atoms with Crippen LogP contribution in [-0.2, 0) is 28.6 Å². The highest BCUT2D eigenvalue weighted by atomic mass is 35.5. The third-order valence-electron chi connectivity index (χ3n) is 13.0. The molecule has 4 heterocycles. The van der Waals surface area contributed by atoms with Crippen molar-refractivity contribution in [2.24, 2.45) is 23.2 Å². The number of benzene rings is 1. The van der Waals surface area contributed by atoms with Gasteiger partial charge in [0.1, 0.15) is 58.7 Å². The number of thiazole rings is 1. The number of alkyl carbamates (subject to hydrolysis) is 1. The van der Waals surface area contributed by atoms with Crippen LogP contribution < -0.4 is 25.4 Å². The van der Waals surface area contributed by atoms with Crippen molar-refractivity contribution in [1.29, 1.82) is 0 Å². The largest absolute Gasteiger partial charge is 0.491 e. The molecule has 8 rings (SSSR count). The highest BCUT2D eigenvalue weighted by Crippen LogP contribution is 2.52. The second kappa shape index (κ2) is 18.6. The highest BCUT2D eigenvalue weighted by molar-refractivity contribution is 7.14. The molecule has 5 aliphatic rings. The maximum absolute atomic E-state index is 14.9. The van der Waals surface area contributed by atoms with Crippen molar-refractivity contribution in [3.05, 3.63) is 41.3 Å². The maximum Gasteiger partial charge on any atom is 0.408 e. The third kappa shape index (κ3) is 9.92. The molecule has 3 aliphatic carbocycles. The number of likely N-dealkylation sites (tertiary alicyclic amines) is 1. The zero-order valence-electron chi connectivity index (χ0n) is 37.4. The first kappa shape index (κ1) is 45.8. The fourth-order valence-electron chi connectivity index (χ4n) is 9.28. The predicted molar refractivity (Wildman–Crippen MR) is 243 cm³/mol. The van der Waals surface area contributed by atoms with Crippen LogP contribution in [0.15, 0.2) is 36.2 Å². The molecule has 3 N–H and O–H groups in total. The van der Waals surface area contributed by atoms with Gasteiger partial charge in [0.15, 0.2) is 5.13 Å². The van der Waals surface area contributed by atoms with Gasteiger partial charge in [-0.1, -0.05) is 38.4 Å². The number of esters is 1. The van der Waals surface area contributed by atoms with Crippen LogP contribution >= 0.6 is 22.9 Å². The van der Waals surface area contributed by atoms with Gasteiger partial charge in [-0.2, -0.15) is 0 Å². The molecule has 5 fully saturated rings. The number of ether oxygens (including phenoxy) is 5. The first-order valence-electron chi connectivity index (χ1n) is 22.3. The molecule has 8 atom stereocenters. The summed E-state index contributed by atoms with van der Waals surface area (Å²) < 4.78 is 29.5. The summed E-state index contributed by atoms with van der Waals surface area (Å²) in [4.78, 5) is 69.3. The van der Waals surface area contributed by atoms with E-state index in [4.69, 9.17) is 45.3 Å². The van der Waals surface area contributed by atoms with Crippen molar-refractivity contribution in [3.8, 4) is 22.9 Å². The van der Waals surface area contributed by atoms with Gasteiger partial charge in [-0.05, 0) is 68.9 Å². The average Bonchev–Trinajstić information content (AvgIpc) is 3.92. The fourth-order valence-corrected chi connectivity index (χ4v) is 10.4. The fraction of sp³-hybridized carbons (Fsp3) is 0.609. The average molecular weight is 923 g/mol. The molecule has 18 heteroatoms. The second-order valence-electron chi connectivity index (χ2n) is 19.1. The molecule has 16 nitrogen and oxygen atoms in total. The Morgan fingerprint density at radius 1 is 1.05 bits per heavy atom. The van der Waals surface area contributed by atoms with Crippen LogP contribution in [0.1, 0.15) is 66.7 Å². The minimum absolute atomic E-state index is 0.0168. The molecule has 3 amide bonds. The maximum atomic E-state index is 14.9. The van der Waals surface area contributed by atoms with E-state index in [9.17, 15) is 19.2 Å². The van der Waals surface area contributed by atoms with Crippen molar-refractivity contribution in [2.45, 2.75) is 103 Å². The van der Waals surface area contributed by atoms with Gasteiger partial charge in [-0.3, -0.25) is 14.5 Å². The van der Waals surface area contributed by atoms with E-state index in [1.54, 1.807) is 18.2 Å². The van der Waals surface area contributed by atoms with Crippen molar-refractivity contribution in [2.75, 3.05) is 58.4 Å². The number of rotatable bonds is 16. The van der Waals surface area contributed by atoms with E-state index in [-0.39, 0.29) is 31.0 Å². The molecule has 3 unspecified atom stereocenters. The van der Waals surface area contributed by atoms with E-state index in [0.29, 0.717) is 83.4 Å². The van der Waals surface area contributed by atoms with Gasteiger partial charge >= 0.3 is 12.1 Å². The summed E-state index contributed by atoms with van der Waals surface area (Å²) >= 11 is 8.57. The Morgan fingerprint density at radius 3 is 2.47 bits per heavy atom. The standard InChI is InChI=1S/C46H60ClN7O9S/c1-8-28-22-46(28,42(57)59-7)52-40(55)34-20-30(23-54(34)41(56)39(45(4,5)6)51-44(58)63-29-18-26-17-27(26)19-29)62-36-21-32(33-24-64-43(50-33)48-25(2)3)49-38-31(36)9-10-35(37(38)47)61-16-13-53-11-14-60-15-12-53/h8-10,21,24-30,34,39H,1,11-20,22-23H2,2-7H3,(H,48,50)(H,51,58)(H,52,55)/t26-,27+,28-,29?,30?,34+,39-,46?/m1/s1. The first-order chi connectivity index (χ1) is 30.6. The van der Waals surface area contributed by atoms with E-state index < -0.39 is 53.0 Å². The molecule has 3 aromatic rings. The summed E-state index contributed by atoms with van der Waals surface area (Å²) in [5.74, 6) is 0.110. The molecule has 346 valence electrons. The predicted octanol–water partition coefficient (Wildman–Crippen LogP) is 6.06. The summed E-state index contributed by atoms with van der Waals surface area (Å²) in [5, 5.41) is 12.7. The van der Waals surface area contributed by atoms with E-state index >= 15 is 0 Å². The van der Waals surface area contributed by atoms with Crippen LogP contribution in [0.2, 0.25) is 5.02 Å². The summed E-state index contributed by atoms with van der Waals surface area (Å²) in [6.45, 7) is 17.6. The Labute approximate surface area is 383 Å². The minimum Gasteiger partial charge on any atom is -0.491 e. The third-order valence-corrected chi connectivity index (χ3v) is 14.1. The first-order valence-corrected chi connectivity index (χ1v) is 23.6. The van der Waals surface area contributed by atoms with Crippen molar-refractivity contribution in [3.63, 3.8) is 0 Å². The van der Waals surface area contributed by atoms with Crippen LogP contribution in [0.25, 0.3) is 22.3 Å². The van der Waals surface area contributed by atoms with Crippen LogP contribution in [0.3, 0.4) is 0 Å². The number of methoxy groups -OCH3 is 1. The molecule has 0 radical (unpaired) electrons. The summed E-state index contributed by atoms with van der Waals surface area (Å²) in [5.41, 5.74) is -0.547. The van der Waals surface area contributed by atoms with E-state index in [1.165, 1.54) is 29.8 Å². The monoisotopic (exact) mass is 921 g/mol. The number of nitrogens with one attached hydrogen (secondary N) is 3. The van der Waals surface area contributed by atoms with E-state index in [0.717, 1.165) is 31.1 Å². The lowest BCUT2D eigenvalue weighted by atomic mass is 9.85. The zero-order chi connectivity index (χ0) is 45.5. The molecule has 3 saturated carbocycles. The number of anilines is 1. The minimum atomic E-state index is -1.31. The molecular formula is C46H60ClN7O9S. The number of pyridine rings is 1. The lowest BCUT2D eigenvalue weighted by Gasteiger charge is -2.35. The number of fused-ring (bicyclic) bond motifs is 2. The van der Waals surface area contributed by atoms with Gasteiger partial charge in [0, 0.05) is 54.8 Å². The molecule has 2 aliphatic heterocycles. The van der Waals surface area contributed by atoms with Crippen molar-refractivity contribution >= 4 is 62.8 Å². The Kier molecular flexibility index (Phi) is 13.4. The van der Waals surface area contributed by atoms with Gasteiger partial charge in [-0.15, -0.1) is 17.9 Å². The smallest absolute Gasteiger partial charge is 0.408 e. The summed E-state index contributed by atoms with van der Waals surface area (Å²) in [6.07, 6.45) is 3.22. The van der Waals surface area contributed by atoms with Crippen LogP contribution in [-0.4, -0.2) is 133 Å². The lowest BCUT2D eigenvalue weighted by Crippen LogP contribution is -2.59. The Hall–Kier alpha value is -4.71. The normalized spacial score (nSPS) is 26.8. The number of carbonyl (C=O) groups excluding carboxylic acids is 4. The second-order valence-corrected chi connectivity index (χ2v) is 20.3. The van der Waals surface area contributed by atoms with E-state index in [1.807, 2.05) is 46.1 Å². The molecule has 2 aromatic heterocycles. The molecular weight excluding hydrogens is 862 g/mol. The van der Waals surface area contributed by atoms with Crippen LogP contribution in [0.4, 0.5) is 9.93 Å². The number of nitrogens with zero attached hydrogens (tertiary/aromatic N) is 4. The number of hydrogen-bond donors (Lipinski definition) is 3.